The first-order chi connectivity index (χ1) is 33.5. The molecule has 0 aliphatic rings. The van der Waals surface area contributed by atoms with Crippen LogP contribution in [0.1, 0.15) is 33.4 Å². The quantitative estimate of drug-likeness (QED) is 0.157. The number of benzene rings is 10. The van der Waals surface area contributed by atoms with E-state index in [9.17, 15) is 0 Å². The predicted molar refractivity (Wildman–Crippen MR) is 298 cm³/mol. The van der Waals surface area contributed by atoms with Gasteiger partial charge in [-0.1, -0.05) is 145 Å². The maximum Gasteiger partial charge on any atom is 0.0726 e. The largest absolute Gasteiger partial charge is 0.343 e. The van der Waals surface area contributed by atoms with Gasteiger partial charge in [-0.2, -0.15) is 0 Å². The number of nitrogens with zero attached hydrogens (tertiary/aromatic N) is 2. The maximum absolute atomic E-state index is 8.12. The standard InChI is InChI=1S/C65H50Cl2N2/c1-37-16-8-10-22-47(37)43-26-28-57-51(30-43)54-32-45(48-23-11-9-17-38(48)2)33-55(65(54)68(57)7)53-34-46(66)35-60(64(53)67)69-58-29-27-44(61-39(3)18-14-19-40(61)4)31-56(58)63-50-25-13-12-24-49(50)52(36-59(63)69)62-41(5)20-15-21-42(62)6/h8-36H,1-7H3. The molecule has 0 spiro atoms. The van der Waals surface area contributed by atoms with Crippen LogP contribution >= 0.6 is 23.2 Å². The van der Waals surface area contributed by atoms with Crippen LogP contribution < -0.4 is 0 Å². The average molecular weight is 930 g/mol. The van der Waals surface area contributed by atoms with Gasteiger partial charge < -0.3 is 9.13 Å². The Bertz CT molecular complexity index is 4080. The summed E-state index contributed by atoms with van der Waals surface area (Å²) in [5.74, 6) is 0. The summed E-state index contributed by atoms with van der Waals surface area (Å²) in [6.07, 6.45) is 0. The lowest BCUT2D eigenvalue weighted by atomic mass is 9.89. The number of aromatic nitrogens is 2. The van der Waals surface area contributed by atoms with E-state index in [0.717, 1.165) is 55.2 Å². The van der Waals surface area contributed by atoms with Crippen LogP contribution in [-0.4, -0.2) is 9.13 Å². The van der Waals surface area contributed by atoms with Crippen LogP contribution in [0, 0.1) is 41.5 Å². The van der Waals surface area contributed by atoms with E-state index in [-0.39, 0.29) is 0 Å². The van der Waals surface area contributed by atoms with Gasteiger partial charge in [0.05, 0.1) is 27.3 Å². The third-order valence-electron chi connectivity index (χ3n) is 14.8. The van der Waals surface area contributed by atoms with E-state index in [1.54, 1.807) is 0 Å². The molecule has 0 atom stereocenters. The average Bonchev–Trinajstić information content (AvgIpc) is 3.82. The van der Waals surface area contributed by atoms with Crippen LogP contribution in [-0.2, 0) is 7.05 Å². The minimum Gasteiger partial charge on any atom is -0.343 e. The van der Waals surface area contributed by atoms with E-state index < -0.39 is 0 Å². The fraction of sp³-hybridized carbons (Fsp3) is 0.108. The lowest BCUT2D eigenvalue weighted by Gasteiger charge is -2.18. The van der Waals surface area contributed by atoms with Crippen molar-refractivity contribution in [3.05, 3.63) is 219 Å². The van der Waals surface area contributed by atoms with Gasteiger partial charge in [0.2, 0.25) is 0 Å². The molecule has 12 rings (SSSR count). The van der Waals surface area contributed by atoms with Crippen LogP contribution in [0.15, 0.2) is 176 Å². The topological polar surface area (TPSA) is 9.86 Å². The molecule has 0 bridgehead atoms. The van der Waals surface area contributed by atoms with Crippen molar-refractivity contribution >= 4 is 77.6 Å². The summed E-state index contributed by atoms with van der Waals surface area (Å²) in [6, 6.07) is 64.3. The zero-order valence-corrected chi connectivity index (χ0v) is 41.4. The molecule has 0 N–H and O–H groups in total. The molecule has 334 valence electrons. The first-order valence-electron chi connectivity index (χ1n) is 23.8. The monoisotopic (exact) mass is 928 g/mol. The number of rotatable bonds is 6. The molecular weight excluding hydrogens is 880 g/mol. The molecular formula is C65H50Cl2N2. The third kappa shape index (κ3) is 6.76. The Morgan fingerprint density at radius 2 is 0.899 bits per heavy atom. The summed E-state index contributed by atoms with van der Waals surface area (Å²) in [5, 5.41) is 8.35. The first kappa shape index (κ1) is 43.0. The van der Waals surface area contributed by atoms with E-state index in [4.69, 9.17) is 23.2 Å². The van der Waals surface area contributed by atoms with Crippen LogP contribution in [0.3, 0.4) is 0 Å². The summed E-state index contributed by atoms with van der Waals surface area (Å²) < 4.78 is 4.71. The molecule has 10 aromatic carbocycles. The van der Waals surface area contributed by atoms with Crippen molar-refractivity contribution in [2.24, 2.45) is 7.05 Å². The summed E-state index contributed by atoms with van der Waals surface area (Å²) in [5.41, 5.74) is 24.2. The van der Waals surface area contributed by atoms with Gasteiger partial charge in [0.1, 0.15) is 0 Å². The van der Waals surface area contributed by atoms with E-state index in [1.807, 2.05) is 0 Å². The minimum atomic E-state index is 0.609. The second-order valence-electron chi connectivity index (χ2n) is 19.1. The Hall–Kier alpha value is -7.36. The number of fused-ring (bicyclic) bond motifs is 8. The molecule has 0 radical (unpaired) electrons. The van der Waals surface area contributed by atoms with Gasteiger partial charge in [0.15, 0.2) is 0 Å². The molecule has 0 aliphatic heterocycles. The normalized spacial score (nSPS) is 11.8. The highest BCUT2D eigenvalue weighted by Crippen LogP contribution is 2.49. The number of halogens is 2. The Balaban J connectivity index is 1.20. The van der Waals surface area contributed by atoms with Crippen LogP contribution in [0.5, 0.6) is 0 Å². The van der Waals surface area contributed by atoms with E-state index >= 15 is 0 Å². The lowest BCUT2D eigenvalue weighted by Crippen LogP contribution is -1.99. The van der Waals surface area contributed by atoms with Crippen molar-refractivity contribution in [3.8, 4) is 61.3 Å². The van der Waals surface area contributed by atoms with E-state index in [0.29, 0.717) is 10.0 Å². The Morgan fingerprint density at radius 3 is 1.58 bits per heavy atom. The van der Waals surface area contributed by atoms with Gasteiger partial charge in [-0.3, -0.25) is 0 Å². The molecule has 12 aromatic rings. The van der Waals surface area contributed by atoms with Crippen LogP contribution in [0.2, 0.25) is 10.0 Å². The summed E-state index contributed by atoms with van der Waals surface area (Å²) in [4.78, 5) is 0. The molecule has 0 aliphatic carbocycles. The lowest BCUT2D eigenvalue weighted by molar-refractivity contribution is 1.02. The molecule has 2 nitrogen and oxygen atoms in total. The molecule has 4 heteroatoms. The molecule has 0 amide bonds. The molecule has 2 heterocycles. The Morgan fingerprint density at radius 1 is 0.348 bits per heavy atom. The molecule has 0 saturated carbocycles. The summed E-state index contributed by atoms with van der Waals surface area (Å²) in [6.45, 7) is 13.2. The third-order valence-corrected chi connectivity index (χ3v) is 15.5. The molecule has 0 saturated heterocycles. The smallest absolute Gasteiger partial charge is 0.0726 e. The molecule has 2 aromatic heterocycles. The van der Waals surface area contributed by atoms with Crippen LogP contribution in [0.25, 0.3) is 116 Å². The van der Waals surface area contributed by atoms with Crippen molar-refractivity contribution in [3.63, 3.8) is 0 Å². The highest BCUT2D eigenvalue weighted by molar-refractivity contribution is 6.38. The van der Waals surface area contributed by atoms with Crippen LogP contribution in [0.4, 0.5) is 0 Å². The SMILES string of the molecule is Cc1ccccc1-c1ccc2c(c1)c1cc(-c3ccccc3C)cc(-c3cc(Cl)cc(-n4c5ccc(-c6c(C)cccc6C)cc5c5c6ccccc6c(-c6c(C)cccc6C)cc54)c3Cl)c1n2C. The maximum atomic E-state index is 8.12. The molecule has 0 unspecified atom stereocenters. The van der Waals surface area contributed by atoms with Crippen molar-refractivity contribution in [2.45, 2.75) is 41.5 Å². The van der Waals surface area contributed by atoms with Crippen molar-refractivity contribution in [1.82, 2.24) is 9.13 Å². The van der Waals surface area contributed by atoms with Gasteiger partial charge in [-0.05, 0) is 185 Å². The van der Waals surface area contributed by atoms with Crippen molar-refractivity contribution in [1.29, 1.82) is 0 Å². The first-order valence-corrected chi connectivity index (χ1v) is 24.5. The molecule has 69 heavy (non-hydrogen) atoms. The second-order valence-corrected chi connectivity index (χ2v) is 19.9. The Kier molecular flexibility index (Phi) is 10.2. The van der Waals surface area contributed by atoms with Gasteiger partial charge in [-0.15, -0.1) is 0 Å². The van der Waals surface area contributed by atoms with E-state index in [1.165, 1.54) is 93.9 Å². The zero-order valence-electron chi connectivity index (χ0n) is 39.9. The van der Waals surface area contributed by atoms with Gasteiger partial charge in [0, 0.05) is 50.3 Å². The van der Waals surface area contributed by atoms with Gasteiger partial charge in [0.25, 0.3) is 0 Å². The highest BCUT2D eigenvalue weighted by Gasteiger charge is 2.25. The fourth-order valence-corrected chi connectivity index (χ4v) is 12.1. The number of hydrogen-bond acceptors (Lipinski definition) is 0. The van der Waals surface area contributed by atoms with Gasteiger partial charge in [-0.25, -0.2) is 0 Å². The predicted octanol–water partition coefficient (Wildman–Crippen LogP) is 19.1. The van der Waals surface area contributed by atoms with Crippen molar-refractivity contribution in [2.75, 3.05) is 0 Å². The minimum absolute atomic E-state index is 0.609. The highest BCUT2D eigenvalue weighted by atomic mass is 35.5. The second kappa shape index (κ2) is 16.4. The van der Waals surface area contributed by atoms with Crippen molar-refractivity contribution < 1.29 is 0 Å². The Labute approximate surface area is 413 Å². The van der Waals surface area contributed by atoms with Gasteiger partial charge >= 0.3 is 0 Å². The summed E-state index contributed by atoms with van der Waals surface area (Å²) >= 11 is 15.6. The van der Waals surface area contributed by atoms with E-state index in [2.05, 4.69) is 234 Å². The number of aryl methyl sites for hydroxylation is 7. The number of hydrogen-bond donors (Lipinski definition) is 0. The summed E-state index contributed by atoms with van der Waals surface area (Å²) in [7, 11) is 2.18. The molecule has 0 fully saturated rings. The zero-order chi connectivity index (χ0) is 47.4. The fourth-order valence-electron chi connectivity index (χ4n) is 11.6.